The van der Waals surface area contributed by atoms with Gasteiger partial charge in [0.1, 0.15) is 5.82 Å². The molecule has 1 unspecified atom stereocenters. The van der Waals surface area contributed by atoms with Gasteiger partial charge in [-0.25, -0.2) is 4.98 Å². The van der Waals surface area contributed by atoms with Gasteiger partial charge in [0.25, 0.3) is 5.91 Å². The fraction of sp³-hybridized carbons (Fsp3) is 0.600. The van der Waals surface area contributed by atoms with Crippen LogP contribution in [0.5, 0.6) is 0 Å². The Morgan fingerprint density at radius 1 is 1.26 bits per heavy atom. The van der Waals surface area contributed by atoms with E-state index in [0.29, 0.717) is 17.3 Å². The van der Waals surface area contributed by atoms with Crippen LogP contribution in [-0.4, -0.2) is 23.0 Å². The first-order valence-electron chi connectivity index (χ1n) is 6.92. The van der Waals surface area contributed by atoms with Crippen molar-refractivity contribution in [1.29, 1.82) is 0 Å². The summed E-state index contributed by atoms with van der Waals surface area (Å²) in [6.45, 7) is 10.4. The van der Waals surface area contributed by atoms with E-state index < -0.39 is 0 Å². The number of hydrogen-bond acceptors (Lipinski definition) is 3. The molecule has 4 nitrogen and oxygen atoms in total. The van der Waals surface area contributed by atoms with Gasteiger partial charge in [0.05, 0.1) is 5.56 Å². The Bertz CT molecular complexity index is 416. The molecule has 1 aromatic rings. The number of nitrogens with zero attached hydrogens (tertiary/aromatic N) is 1. The third-order valence-corrected chi connectivity index (χ3v) is 2.68. The minimum atomic E-state index is -0.0654. The summed E-state index contributed by atoms with van der Waals surface area (Å²) in [7, 11) is 0. The maximum atomic E-state index is 12.2. The number of pyridine rings is 1. The highest BCUT2D eigenvalue weighted by Crippen LogP contribution is 2.13. The SMILES string of the molecule is CC(C)CC(C)NC(=O)c1cccnc1NC(C)C. The van der Waals surface area contributed by atoms with Crippen molar-refractivity contribution in [2.24, 2.45) is 5.92 Å². The van der Waals surface area contributed by atoms with Crippen LogP contribution in [0.25, 0.3) is 0 Å². The highest BCUT2D eigenvalue weighted by Gasteiger charge is 2.15. The first-order chi connectivity index (χ1) is 8.90. The van der Waals surface area contributed by atoms with Gasteiger partial charge < -0.3 is 10.6 Å². The third kappa shape index (κ3) is 5.28. The van der Waals surface area contributed by atoms with E-state index in [9.17, 15) is 4.79 Å². The van der Waals surface area contributed by atoms with Gasteiger partial charge in [0.2, 0.25) is 0 Å². The average Bonchev–Trinajstić information content (AvgIpc) is 2.27. The van der Waals surface area contributed by atoms with Crippen molar-refractivity contribution >= 4 is 11.7 Å². The maximum absolute atomic E-state index is 12.2. The summed E-state index contributed by atoms with van der Waals surface area (Å²) in [5.74, 6) is 1.15. The van der Waals surface area contributed by atoms with E-state index in [-0.39, 0.29) is 18.0 Å². The zero-order valence-electron chi connectivity index (χ0n) is 12.5. The lowest BCUT2D eigenvalue weighted by atomic mass is 10.0. The molecule has 0 saturated carbocycles. The lowest BCUT2D eigenvalue weighted by molar-refractivity contribution is 0.0936. The number of carbonyl (C=O) groups excluding carboxylic acids is 1. The minimum absolute atomic E-state index is 0.0654. The summed E-state index contributed by atoms with van der Waals surface area (Å²) in [5, 5.41) is 6.22. The molecule has 0 radical (unpaired) electrons. The van der Waals surface area contributed by atoms with Crippen molar-refractivity contribution in [3.63, 3.8) is 0 Å². The highest BCUT2D eigenvalue weighted by atomic mass is 16.1. The molecule has 2 N–H and O–H groups in total. The minimum Gasteiger partial charge on any atom is -0.367 e. The van der Waals surface area contributed by atoms with Crippen LogP contribution in [0.2, 0.25) is 0 Å². The molecule has 0 saturated heterocycles. The molecule has 0 aliphatic rings. The van der Waals surface area contributed by atoms with E-state index >= 15 is 0 Å². The Kier molecular flexibility index (Phi) is 5.80. The van der Waals surface area contributed by atoms with Crippen molar-refractivity contribution in [3.8, 4) is 0 Å². The normalized spacial score (nSPS) is 12.6. The summed E-state index contributed by atoms with van der Waals surface area (Å²) < 4.78 is 0. The molecule has 19 heavy (non-hydrogen) atoms. The smallest absolute Gasteiger partial charge is 0.255 e. The molecule has 1 amide bonds. The quantitative estimate of drug-likeness (QED) is 0.829. The van der Waals surface area contributed by atoms with Gasteiger partial charge in [-0.3, -0.25) is 4.79 Å². The molecule has 0 bridgehead atoms. The van der Waals surface area contributed by atoms with E-state index in [1.807, 2.05) is 20.8 Å². The molecular weight excluding hydrogens is 238 g/mol. The second kappa shape index (κ2) is 7.12. The number of carbonyl (C=O) groups is 1. The Balaban J connectivity index is 2.76. The Labute approximate surface area is 116 Å². The maximum Gasteiger partial charge on any atom is 0.255 e. The van der Waals surface area contributed by atoms with E-state index in [1.54, 1.807) is 18.3 Å². The van der Waals surface area contributed by atoms with Crippen LogP contribution in [0.1, 0.15) is 51.4 Å². The molecule has 0 aliphatic heterocycles. The number of anilines is 1. The van der Waals surface area contributed by atoms with Gasteiger partial charge in [-0.15, -0.1) is 0 Å². The van der Waals surface area contributed by atoms with E-state index in [4.69, 9.17) is 0 Å². The Hall–Kier alpha value is -1.58. The molecule has 1 rings (SSSR count). The standard InChI is InChI=1S/C15H25N3O/c1-10(2)9-12(5)18-15(19)13-7-6-8-16-14(13)17-11(3)4/h6-8,10-12H,9H2,1-5H3,(H,16,17)(H,18,19). The predicted molar refractivity (Wildman–Crippen MR) is 79.4 cm³/mol. The van der Waals surface area contributed by atoms with Crippen molar-refractivity contribution in [1.82, 2.24) is 10.3 Å². The zero-order chi connectivity index (χ0) is 14.4. The number of hydrogen-bond donors (Lipinski definition) is 2. The number of aromatic nitrogens is 1. The van der Waals surface area contributed by atoms with Crippen molar-refractivity contribution in [3.05, 3.63) is 23.9 Å². The lowest BCUT2D eigenvalue weighted by Gasteiger charge is -2.18. The van der Waals surface area contributed by atoms with Crippen molar-refractivity contribution < 1.29 is 4.79 Å². The fourth-order valence-electron chi connectivity index (χ4n) is 2.04. The lowest BCUT2D eigenvalue weighted by Crippen LogP contribution is -2.34. The van der Waals surface area contributed by atoms with Crippen LogP contribution < -0.4 is 10.6 Å². The number of rotatable bonds is 6. The van der Waals surface area contributed by atoms with E-state index in [0.717, 1.165) is 6.42 Å². The van der Waals surface area contributed by atoms with Gasteiger partial charge in [0.15, 0.2) is 0 Å². The van der Waals surface area contributed by atoms with Gasteiger partial charge in [-0.1, -0.05) is 13.8 Å². The van der Waals surface area contributed by atoms with Crippen molar-refractivity contribution in [2.45, 2.75) is 53.1 Å². The van der Waals surface area contributed by atoms with Gasteiger partial charge in [0, 0.05) is 18.3 Å². The first kappa shape index (κ1) is 15.5. The molecule has 1 heterocycles. The van der Waals surface area contributed by atoms with Crippen LogP contribution in [0.3, 0.4) is 0 Å². The second-order valence-electron chi connectivity index (χ2n) is 5.70. The van der Waals surface area contributed by atoms with Gasteiger partial charge >= 0.3 is 0 Å². The zero-order valence-corrected chi connectivity index (χ0v) is 12.5. The molecule has 0 aromatic carbocycles. The summed E-state index contributed by atoms with van der Waals surface area (Å²) in [6.07, 6.45) is 2.66. The first-order valence-corrected chi connectivity index (χ1v) is 6.92. The van der Waals surface area contributed by atoms with E-state index in [2.05, 4.69) is 29.5 Å². The Morgan fingerprint density at radius 2 is 1.95 bits per heavy atom. The van der Waals surface area contributed by atoms with Crippen LogP contribution >= 0.6 is 0 Å². The fourth-order valence-corrected chi connectivity index (χ4v) is 2.04. The number of nitrogens with one attached hydrogen (secondary N) is 2. The summed E-state index contributed by atoms with van der Waals surface area (Å²) in [6, 6.07) is 4.00. The van der Waals surface area contributed by atoms with Crippen LogP contribution in [0.15, 0.2) is 18.3 Å². The molecule has 0 fully saturated rings. The monoisotopic (exact) mass is 263 g/mol. The topological polar surface area (TPSA) is 54.0 Å². The molecule has 106 valence electrons. The van der Waals surface area contributed by atoms with Gasteiger partial charge in [-0.2, -0.15) is 0 Å². The largest absolute Gasteiger partial charge is 0.367 e. The third-order valence-electron chi connectivity index (χ3n) is 2.68. The van der Waals surface area contributed by atoms with E-state index in [1.165, 1.54) is 0 Å². The molecule has 4 heteroatoms. The highest BCUT2D eigenvalue weighted by molar-refractivity contribution is 5.98. The second-order valence-corrected chi connectivity index (χ2v) is 5.70. The summed E-state index contributed by atoms with van der Waals surface area (Å²) >= 11 is 0. The van der Waals surface area contributed by atoms with Crippen molar-refractivity contribution in [2.75, 3.05) is 5.32 Å². The molecular formula is C15H25N3O. The summed E-state index contributed by atoms with van der Waals surface area (Å²) in [4.78, 5) is 16.5. The van der Waals surface area contributed by atoms with Crippen LogP contribution in [0.4, 0.5) is 5.82 Å². The molecule has 0 aliphatic carbocycles. The summed E-state index contributed by atoms with van der Waals surface area (Å²) in [5.41, 5.74) is 0.604. The van der Waals surface area contributed by atoms with Crippen LogP contribution in [0, 0.1) is 5.92 Å². The predicted octanol–water partition coefficient (Wildman–Crippen LogP) is 3.07. The number of amides is 1. The Morgan fingerprint density at radius 3 is 2.53 bits per heavy atom. The molecule has 1 aromatic heterocycles. The van der Waals surface area contributed by atoms with Crippen LogP contribution in [-0.2, 0) is 0 Å². The molecule has 1 atom stereocenters. The average molecular weight is 263 g/mol. The van der Waals surface area contributed by atoms with Gasteiger partial charge in [-0.05, 0) is 45.2 Å². The molecule has 0 spiro atoms.